The zero-order valence-corrected chi connectivity index (χ0v) is 12.7. The van der Waals surface area contributed by atoms with Gasteiger partial charge in [-0.05, 0) is 43.3 Å². The average molecular weight is 333 g/mol. The van der Waals surface area contributed by atoms with E-state index in [2.05, 4.69) is 10.3 Å². The van der Waals surface area contributed by atoms with Gasteiger partial charge in [-0.25, -0.2) is 4.98 Å². The molecule has 0 aliphatic rings. The molecule has 0 spiro atoms. The van der Waals surface area contributed by atoms with Gasteiger partial charge in [0.15, 0.2) is 0 Å². The van der Waals surface area contributed by atoms with E-state index in [1.165, 1.54) is 12.1 Å². The fraction of sp³-hybridized carbons (Fsp3) is 0.176. The molecular weight excluding hydrogens is 319 g/mol. The molecule has 24 heavy (non-hydrogen) atoms. The van der Waals surface area contributed by atoms with Crippen molar-refractivity contribution < 1.29 is 18.0 Å². The van der Waals surface area contributed by atoms with Crippen LogP contribution in [0.25, 0.3) is 5.65 Å². The van der Waals surface area contributed by atoms with Crippen LogP contribution in [0.15, 0.2) is 54.9 Å². The van der Waals surface area contributed by atoms with Gasteiger partial charge in [0.25, 0.3) is 0 Å². The maximum Gasteiger partial charge on any atom is 0.416 e. The van der Waals surface area contributed by atoms with Crippen molar-refractivity contribution in [2.75, 3.05) is 5.32 Å². The molecule has 3 aromatic rings. The van der Waals surface area contributed by atoms with E-state index >= 15 is 0 Å². The molecule has 0 unspecified atom stereocenters. The molecule has 1 amide bonds. The minimum Gasteiger partial charge on any atom is -0.326 e. The highest BCUT2D eigenvalue weighted by Gasteiger charge is 2.30. The fourth-order valence-electron chi connectivity index (χ4n) is 2.45. The number of nitrogens with one attached hydrogen (secondary N) is 1. The number of carbonyl (C=O) groups excluding carboxylic acids is 1. The Bertz CT molecular complexity index is 869. The summed E-state index contributed by atoms with van der Waals surface area (Å²) in [6, 6.07) is 9.81. The van der Waals surface area contributed by atoms with Crippen molar-refractivity contribution in [2.24, 2.45) is 0 Å². The first kappa shape index (κ1) is 16.0. The summed E-state index contributed by atoms with van der Waals surface area (Å²) < 4.78 is 39.5. The number of benzene rings is 1. The molecule has 3 rings (SSSR count). The normalized spacial score (nSPS) is 13.0. The zero-order valence-electron chi connectivity index (χ0n) is 12.7. The summed E-state index contributed by atoms with van der Waals surface area (Å²) in [5.41, 5.74) is 1.03. The van der Waals surface area contributed by atoms with Gasteiger partial charge in [-0.1, -0.05) is 6.07 Å². The first-order valence-electron chi connectivity index (χ1n) is 7.26. The van der Waals surface area contributed by atoms with Crippen LogP contribution in [0.5, 0.6) is 0 Å². The Morgan fingerprint density at radius 2 is 1.88 bits per heavy atom. The molecule has 0 saturated heterocycles. The molecule has 2 heterocycles. The van der Waals surface area contributed by atoms with Crippen molar-refractivity contribution >= 4 is 17.2 Å². The number of imidazole rings is 1. The lowest BCUT2D eigenvalue weighted by atomic mass is 10.1. The summed E-state index contributed by atoms with van der Waals surface area (Å²) in [4.78, 5) is 16.6. The van der Waals surface area contributed by atoms with Crippen molar-refractivity contribution in [3.63, 3.8) is 0 Å². The number of alkyl halides is 3. The predicted octanol–water partition coefficient (Wildman–Crippen LogP) is 4.10. The van der Waals surface area contributed by atoms with E-state index in [4.69, 9.17) is 0 Å². The highest BCUT2D eigenvalue weighted by molar-refractivity contribution is 5.95. The summed E-state index contributed by atoms with van der Waals surface area (Å²) in [7, 11) is 0. The van der Waals surface area contributed by atoms with E-state index in [-0.39, 0.29) is 5.91 Å². The van der Waals surface area contributed by atoms with Crippen LogP contribution in [-0.2, 0) is 11.0 Å². The molecular formula is C17H14F3N3O. The molecule has 124 valence electrons. The monoisotopic (exact) mass is 333 g/mol. The Hall–Kier alpha value is -2.83. The van der Waals surface area contributed by atoms with E-state index in [9.17, 15) is 18.0 Å². The number of fused-ring (bicyclic) bond motifs is 1. The Morgan fingerprint density at radius 3 is 2.54 bits per heavy atom. The fourth-order valence-corrected chi connectivity index (χ4v) is 2.45. The Balaban J connectivity index is 1.78. The standard InChI is InChI=1S/C17H14F3N3O/c1-11(14-3-2-4-15-21-9-10-23(14)15)16(24)22-13-7-5-12(6-8-13)17(18,19)20/h2-11H,1H3,(H,22,24)/t11-/m0/s1. The maximum atomic E-state index is 12.6. The van der Waals surface area contributed by atoms with Crippen molar-refractivity contribution in [3.8, 4) is 0 Å². The number of nitrogens with zero attached hydrogens (tertiary/aromatic N) is 2. The van der Waals surface area contributed by atoms with Crippen molar-refractivity contribution in [3.05, 3.63) is 66.1 Å². The number of hydrogen-bond donors (Lipinski definition) is 1. The highest BCUT2D eigenvalue weighted by Crippen LogP contribution is 2.30. The number of aromatic nitrogens is 2. The van der Waals surface area contributed by atoms with Crippen LogP contribution in [0, 0.1) is 0 Å². The molecule has 2 aromatic heterocycles. The van der Waals surface area contributed by atoms with Gasteiger partial charge >= 0.3 is 6.18 Å². The van der Waals surface area contributed by atoms with E-state index in [1.54, 1.807) is 29.8 Å². The average Bonchev–Trinajstić information content (AvgIpc) is 3.02. The van der Waals surface area contributed by atoms with E-state index < -0.39 is 17.7 Å². The van der Waals surface area contributed by atoms with Crippen LogP contribution >= 0.6 is 0 Å². The molecule has 0 bridgehead atoms. The molecule has 0 aliphatic carbocycles. The lowest BCUT2D eigenvalue weighted by molar-refractivity contribution is -0.137. The van der Waals surface area contributed by atoms with Crippen molar-refractivity contribution in [1.82, 2.24) is 9.38 Å². The number of carbonyl (C=O) groups is 1. The number of anilines is 1. The first-order valence-corrected chi connectivity index (χ1v) is 7.26. The largest absolute Gasteiger partial charge is 0.416 e. The lowest BCUT2D eigenvalue weighted by Gasteiger charge is -2.15. The molecule has 0 radical (unpaired) electrons. The van der Waals surface area contributed by atoms with Crippen LogP contribution in [-0.4, -0.2) is 15.3 Å². The summed E-state index contributed by atoms with van der Waals surface area (Å²) in [5.74, 6) is -0.804. The predicted molar refractivity (Wildman–Crippen MR) is 83.7 cm³/mol. The van der Waals surface area contributed by atoms with E-state index in [0.717, 1.165) is 23.5 Å². The molecule has 1 aromatic carbocycles. The number of hydrogen-bond acceptors (Lipinski definition) is 2. The van der Waals surface area contributed by atoms with Crippen LogP contribution in [0.1, 0.15) is 24.1 Å². The van der Waals surface area contributed by atoms with E-state index in [0.29, 0.717) is 5.69 Å². The smallest absolute Gasteiger partial charge is 0.326 e. The Kier molecular flexibility index (Phi) is 4.01. The minimum absolute atomic E-state index is 0.309. The van der Waals surface area contributed by atoms with Gasteiger partial charge in [0.1, 0.15) is 5.65 Å². The van der Waals surface area contributed by atoms with Gasteiger partial charge in [-0.2, -0.15) is 13.2 Å². The van der Waals surface area contributed by atoms with Crippen LogP contribution in [0.2, 0.25) is 0 Å². The molecule has 0 saturated carbocycles. The quantitative estimate of drug-likeness (QED) is 0.784. The van der Waals surface area contributed by atoms with Crippen molar-refractivity contribution in [1.29, 1.82) is 0 Å². The topological polar surface area (TPSA) is 46.4 Å². The summed E-state index contributed by atoms with van der Waals surface area (Å²) in [5, 5.41) is 2.64. The molecule has 1 atom stereocenters. The summed E-state index contributed by atoms with van der Waals surface area (Å²) in [6.07, 6.45) is -1.00. The maximum absolute atomic E-state index is 12.6. The second-order valence-electron chi connectivity index (χ2n) is 5.39. The van der Waals surface area contributed by atoms with Gasteiger partial charge in [0.05, 0.1) is 11.5 Å². The van der Waals surface area contributed by atoms with Gasteiger partial charge in [-0.15, -0.1) is 0 Å². The van der Waals surface area contributed by atoms with Crippen molar-refractivity contribution in [2.45, 2.75) is 19.0 Å². The van der Waals surface area contributed by atoms with Crippen LogP contribution in [0.4, 0.5) is 18.9 Å². The third-order valence-electron chi connectivity index (χ3n) is 3.78. The van der Waals surface area contributed by atoms with Gasteiger partial charge in [0.2, 0.25) is 5.91 Å². The second kappa shape index (κ2) is 5.99. The Morgan fingerprint density at radius 1 is 1.17 bits per heavy atom. The minimum atomic E-state index is -4.40. The van der Waals surface area contributed by atoms with Gasteiger partial charge in [0, 0.05) is 23.8 Å². The number of halogens is 3. The highest BCUT2D eigenvalue weighted by atomic mass is 19.4. The zero-order chi connectivity index (χ0) is 17.3. The van der Waals surface area contributed by atoms with Crippen LogP contribution in [0.3, 0.4) is 0 Å². The van der Waals surface area contributed by atoms with E-state index in [1.807, 2.05) is 12.1 Å². The molecule has 1 N–H and O–H groups in total. The second-order valence-corrected chi connectivity index (χ2v) is 5.39. The molecule has 0 aliphatic heterocycles. The first-order chi connectivity index (χ1) is 11.4. The molecule has 0 fully saturated rings. The third-order valence-corrected chi connectivity index (χ3v) is 3.78. The number of amides is 1. The Labute approximate surface area is 135 Å². The lowest BCUT2D eigenvalue weighted by Crippen LogP contribution is -2.20. The van der Waals surface area contributed by atoms with Gasteiger partial charge in [-0.3, -0.25) is 4.79 Å². The molecule has 7 heteroatoms. The summed E-state index contributed by atoms with van der Waals surface area (Å²) >= 11 is 0. The number of pyridine rings is 1. The number of rotatable bonds is 3. The third kappa shape index (κ3) is 3.10. The molecule has 4 nitrogen and oxygen atoms in total. The van der Waals surface area contributed by atoms with Gasteiger partial charge < -0.3 is 9.72 Å². The SMILES string of the molecule is C[C@H](C(=O)Nc1ccc(C(F)(F)F)cc1)c1cccc2nccn12. The van der Waals surface area contributed by atoms with Crippen LogP contribution < -0.4 is 5.32 Å². The summed E-state index contributed by atoms with van der Waals surface area (Å²) in [6.45, 7) is 1.73.